The number of halogens is 1. The fraction of sp³-hybridized carbons (Fsp3) is 0.440. The van der Waals surface area contributed by atoms with Gasteiger partial charge in [0, 0.05) is 58.1 Å². The molecule has 0 radical (unpaired) electrons. The molecule has 3 heterocycles. The maximum atomic E-state index is 13.1. The summed E-state index contributed by atoms with van der Waals surface area (Å²) in [5.41, 5.74) is 1.76. The third-order valence-electron chi connectivity index (χ3n) is 6.33. The minimum atomic E-state index is -0.261. The number of carbonyl (C=O) groups is 1. The van der Waals surface area contributed by atoms with Crippen LogP contribution in [0.15, 0.2) is 54.7 Å². The Kier molecular flexibility index (Phi) is 6.97. The molecule has 5 nitrogen and oxygen atoms in total. The zero-order chi connectivity index (χ0) is 21.6. The van der Waals surface area contributed by atoms with E-state index in [9.17, 15) is 9.18 Å². The molecule has 1 unspecified atom stereocenters. The fourth-order valence-corrected chi connectivity index (χ4v) is 4.55. The third kappa shape index (κ3) is 5.70. The van der Waals surface area contributed by atoms with Crippen molar-refractivity contribution in [3.63, 3.8) is 0 Å². The van der Waals surface area contributed by atoms with Crippen LogP contribution in [0.2, 0.25) is 0 Å². The fourth-order valence-electron chi connectivity index (χ4n) is 4.55. The average molecular weight is 423 g/mol. The number of hydrogen-bond acceptors (Lipinski definition) is 4. The van der Waals surface area contributed by atoms with Gasteiger partial charge >= 0.3 is 0 Å². The van der Waals surface area contributed by atoms with E-state index >= 15 is 0 Å². The van der Waals surface area contributed by atoms with Crippen LogP contribution >= 0.6 is 0 Å². The van der Waals surface area contributed by atoms with E-state index in [4.69, 9.17) is 0 Å². The Morgan fingerprint density at radius 1 is 1.10 bits per heavy atom. The van der Waals surface area contributed by atoms with Crippen molar-refractivity contribution in [2.24, 2.45) is 5.92 Å². The SMILES string of the molecule is C/C(=C/C(=O)N1CCCC(CN2CCN(c3ccccn3)CC2)C1)c1ccc(F)cc1. The molecule has 2 fully saturated rings. The maximum Gasteiger partial charge on any atom is 0.246 e. The summed E-state index contributed by atoms with van der Waals surface area (Å²) in [4.78, 5) is 24.1. The Morgan fingerprint density at radius 3 is 2.58 bits per heavy atom. The molecule has 2 aliphatic heterocycles. The Balaban J connectivity index is 1.28. The summed E-state index contributed by atoms with van der Waals surface area (Å²) in [6.45, 7) is 8.63. The van der Waals surface area contributed by atoms with Gasteiger partial charge in [0.1, 0.15) is 11.6 Å². The van der Waals surface area contributed by atoms with Crippen LogP contribution in [0.5, 0.6) is 0 Å². The van der Waals surface area contributed by atoms with Crippen LogP contribution in [0.25, 0.3) is 5.57 Å². The van der Waals surface area contributed by atoms with Gasteiger partial charge in [-0.3, -0.25) is 9.69 Å². The van der Waals surface area contributed by atoms with Gasteiger partial charge in [0.25, 0.3) is 0 Å². The molecule has 4 rings (SSSR count). The van der Waals surface area contributed by atoms with Gasteiger partial charge in [-0.15, -0.1) is 0 Å². The van der Waals surface area contributed by atoms with Crippen molar-refractivity contribution in [2.75, 3.05) is 50.7 Å². The number of allylic oxidation sites excluding steroid dienone is 1. The molecule has 0 aliphatic carbocycles. The summed E-state index contributed by atoms with van der Waals surface area (Å²) >= 11 is 0. The number of likely N-dealkylation sites (tertiary alicyclic amines) is 1. The maximum absolute atomic E-state index is 13.1. The lowest BCUT2D eigenvalue weighted by atomic mass is 9.96. The number of rotatable bonds is 5. The first kappa shape index (κ1) is 21.5. The summed E-state index contributed by atoms with van der Waals surface area (Å²) < 4.78 is 13.1. The van der Waals surface area contributed by atoms with E-state index in [1.807, 2.05) is 30.2 Å². The highest BCUT2D eigenvalue weighted by Gasteiger charge is 2.26. The van der Waals surface area contributed by atoms with Crippen LogP contribution in [-0.2, 0) is 4.79 Å². The molecule has 2 aromatic rings. The van der Waals surface area contributed by atoms with E-state index in [0.29, 0.717) is 5.92 Å². The van der Waals surface area contributed by atoms with Crippen molar-refractivity contribution in [1.29, 1.82) is 0 Å². The van der Waals surface area contributed by atoms with Gasteiger partial charge < -0.3 is 9.80 Å². The van der Waals surface area contributed by atoms with Gasteiger partial charge in [-0.2, -0.15) is 0 Å². The lowest BCUT2D eigenvalue weighted by molar-refractivity contribution is -0.127. The number of benzene rings is 1. The molecule has 0 spiro atoms. The molecule has 6 heteroatoms. The minimum absolute atomic E-state index is 0.0616. The van der Waals surface area contributed by atoms with E-state index in [1.165, 1.54) is 18.6 Å². The predicted molar refractivity (Wildman–Crippen MR) is 122 cm³/mol. The second kappa shape index (κ2) is 10.1. The molecule has 2 saturated heterocycles. The highest BCUT2D eigenvalue weighted by molar-refractivity contribution is 5.94. The molecular formula is C25H31FN4O. The highest BCUT2D eigenvalue weighted by atomic mass is 19.1. The molecule has 31 heavy (non-hydrogen) atoms. The molecule has 164 valence electrons. The van der Waals surface area contributed by atoms with Crippen molar-refractivity contribution in [3.05, 3.63) is 66.1 Å². The second-order valence-corrected chi connectivity index (χ2v) is 8.60. The number of carbonyl (C=O) groups excluding carboxylic acids is 1. The standard InChI is InChI=1S/C25H31FN4O/c1-20(22-7-9-23(26)10-8-22)17-25(31)30-12-4-5-21(19-30)18-28-13-15-29(16-14-28)24-6-2-3-11-27-24/h2-3,6-11,17,21H,4-5,12-16,18-19H2,1H3/b20-17-. The first-order valence-corrected chi connectivity index (χ1v) is 11.2. The molecular weight excluding hydrogens is 391 g/mol. The van der Waals surface area contributed by atoms with Crippen molar-refractivity contribution < 1.29 is 9.18 Å². The largest absolute Gasteiger partial charge is 0.354 e. The summed E-state index contributed by atoms with van der Waals surface area (Å²) in [5.74, 6) is 1.37. The monoisotopic (exact) mass is 422 g/mol. The van der Waals surface area contributed by atoms with Gasteiger partial charge in [0.15, 0.2) is 0 Å². The average Bonchev–Trinajstić information content (AvgIpc) is 2.81. The second-order valence-electron chi connectivity index (χ2n) is 8.60. The Morgan fingerprint density at radius 2 is 1.87 bits per heavy atom. The number of anilines is 1. The summed E-state index contributed by atoms with van der Waals surface area (Å²) in [7, 11) is 0. The lowest BCUT2D eigenvalue weighted by Gasteiger charge is -2.39. The zero-order valence-electron chi connectivity index (χ0n) is 18.2. The van der Waals surface area contributed by atoms with Gasteiger partial charge in [-0.1, -0.05) is 18.2 Å². The number of aromatic nitrogens is 1. The molecule has 1 aromatic heterocycles. The third-order valence-corrected chi connectivity index (χ3v) is 6.33. The molecule has 0 saturated carbocycles. The molecule has 1 amide bonds. The normalized spacial score (nSPS) is 20.7. The number of piperidine rings is 1. The van der Waals surface area contributed by atoms with Crippen molar-refractivity contribution in [1.82, 2.24) is 14.8 Å². The van der Waals surface area contributed by atoms with E-state index in [1.54, 1.807) is 18.2 Å². The summed E-state index contributed by atoms with van der Waals surface area (Å²) in [5, 5.41) is 0. The van der Waals surface area contributed by atoms with E-state index < -0.39 is 0 Å². The van der Waals surface area contributed by atoms with Gasteiger partial charge in [-0.05, 0) is 61.1 Å². The number of hydrogen-bond donors (Lipinski definition) is 0. The van der Waals surface area contributed by atoms with Crippen LogP contribution in [0.4, 0.5) is 10.2 Å². The number of amides is 1. The molecule has 1 aromatic carbocycles. The van der Waals surface area contributed by atoms with Crippen LogP contribution in [0.3, 0.4) is 0 Å². The Bertz CT molecular complexity index is 891. The Labute approximate surface area is 184 Å². The van der Waals surface area contributed by atoms with Crippen LogP contribution in [0.1, 0.15) is 25.3 Å². The number of nitrogens with zero attached hydrogens (tertiary/aromatic N) is 4. The lowest BCUT2D eigenvalue weighted by Crippen LogP contribution is -2.50. The number of pyridine rings is 1. The smallest absolute Gasteiger partial charge is 0.246 e. The topological polar surface area (TPSA) is 39.7 Å². The van der Waals surface area contributed by atoms with Gasteiger partial charge in [0.2, 0.25) is 5.91 Å². The molecule has 1 atom stereocenters. The first-order valence-electron chi connectivity index (χ1n) is 11.2. The predicted octanol–water partition coefficient (Wildman–Crippen LogP) is 3.68. The first-order chi connectivity index (χ1) is 15.1. The van der Waals surface area contributed by atoms with Crippen LogP contribution in [0, 0.1) is 11.7 Å². The number of piperazine rings is 1. The van der Waals surface area contributed by atoms with E-state index in [0.717, 1.165) is 69.2 Å². The molecule has 0 bridgehead atoms. The van der Waals surface area contributed by atoms with E-state index in [-0.39, 0.29) is 11.7 Å². The van der Waals surface area contributed by atoms with Crippen molar-refractivity contribution in [2.45, 2.75) is 19.8 Å². The van der Waals surface area contributed by atoms with Gasteiger partial charge in [0.05, 0.1) is 0 Å². The van der Waals surface area contributed by atoms with Crippen molar-refractivity contribution >= 4 is 17.3 Å². The summed E-state index contributed by atoms with van der Waals surface area (Å²) in [6.07, 6.45) is 5.77. The van der Waals surface area contributed by atoms with E-state index in [2.05, 4.69) is 20.9 Å². The molecule has 0 N–H and O–H groups in total. The van der Waals surface area contributed by atoms with Gasteiger partial charge in [-0.25, -0.2) is 9.37 Å². The highest BCUT2D eigenvalue weighted by Crippen LogP contribution is 2.21. The molecule has 2 aliphatic rings. The quantitative estimate of drug-likeness (QED) is 0.689. The van der Waals surface area contributed by atoms with Crippen LogP contribution < -0.4 is 4.90 Å². The summed E-state index contributed by atoms with van der Waals surface area (Å²) in [6, 6.07) is 12.4. The zero-order valence-corrected chi connectivity index (χ0v) is 18.2. The minimum Gasteiger partial charge on any atom is -0.354 e. The van der Waals surface area contributed by atoms with Crippen LogP contribution in [-0.4, -0.2) is 66.5 Å². The Hall–Kier alpha value is -2.73. The van der Waals surface area contributed by atoms with Crippen molar-refractivity contribution in [3.8, 4) is 0 Å².